The number of fused-ring (bicyclic) bond motifs is 1. The summed E-state index contributed by atoms with van der Waals surface area (Å²) in [5, 5.41) is 0.607. The summed E-state index contributed by atoms with van der Waals surface area (Å²) in [7, 11) is 1.72. The molecule has 30 heavy (non-hydrogen) atoms. The maximum atomic E-state index is 12.5. The van der Waals surface area contributed by atoms with Crippen molar-refractivity contribution in [1.82, 2.24) is 24.4 Å². The first-order valence-electron chi connectivity index (χ1n) is 9.65. The zero-order valence-electron chi connectivity index (χ0n) is 16.5. The predicted octanol–water partition coefficient (Wildman–Crippen LogP) is 1.69. The van der Waals surface area contributed by atoms with Crippen molar-refractivity contribution in [3.8, 4) is 5.88 Å². The molecule has 0 bridgehead atoms. The second-order valence-corrected chi connectivity index (χ2v) is 7.14. The molecule has 158 valence electrons. The van der Waals surface area contributed by atoms with E-state index >= 15 is 0 Å². The minimum absolute atomic E-state index is 0.0780. The van der Waals surface area contributed by atoms with E-state index in [9.17, 15) is 13.6 Å². The SMILES string of the molecule is Cn1ccnc(CN2CCN(c3ccc4ncnc(OCC(F)F)c4c3)CC2)c1=O. The van der Waals surface area contributed by atoms with Crippen LogP contribution in [0, 0.1) is 0 Å². The number of aromatic nitrogens is 4. The van der Waals surface area contributed by atoms with E-state index in [1.807, 2.05) is 18.2 Å². The van der Waals surface area contributed by atoms with Crippen molar-refractivity contribution >= 4 is 16.6 Å². The largest absolute Gasteiger partial charge is 0.471 e. The number of piperazine rings is 1. The summed E-state index contributed by atoms with van der Waals surface area (Å²) in [5.41, 5.74) is 2.05. The summed E-state index contributed by atoms with van der Waals surface area (Å²) < 4.78 is 31.7. The third-order valence-electron chi connectivity index (χ3n) is 5.13. The molecule has 0 amide bonds. The van der Waals surface area contributed by atoms with E-state index in [0.29, 0.717) is 23.1 Å². The highest BCUT2D eigenvalue weighted by molar-refractivity contribution is 5.86. The summed E-state index contributed by atoms with van der Waals surface area (Å²) in [6, 6.07) is 5.67. The number of benzene rings is 1. The van der Waals surface area contributed by atoms with Gasteiger partial charge in [-0.2, -0.15) is 0 Å². The fourth-order valence-electron chi connectivity index (χ4n) is 3.51. The van der Waals surface area contributed by atoms with Gasteiger partial charge in [0.05, 0.1) is 10.9 Å². The zero-order valence-corrected chi connectivity index (χ0v) is 16.5. The molecule has 1 aromatic carbocycles. The first kappa shape index (κ1) is 20.1. The lowest BCUT2D eigenvalue weighted by atomic mass is 10.2. The second-order valence-electron chi connectivity index (χ2n) is 7.14. The van der Waals surface area contributed by atoms with Gasteiger partial charge in [0.25, 0.3) is 12.0 Å². The Kier molecular flexibility index (Phi) is 5.84. The van der Waals surface area contributed by atoms with Crippen molar-refractivity contribution in [3.63, 3.8) is 0 Å². The second kappa shape index (κ2) is 8.70. The maximum absolute atomic E-state index is 12.5. The topological polar surface area (TPSA) is 76.4 Å². The van der Waals surface area contributed by atoms with Gasteiger partial charge in [-0.1, -0.05) is 0 Å². The molecule has 0 aliphatic carbocycles. The molecular weight excluding hydrogens is 394 g/mol. The molecule has 0 spiro atoms. The number of nitrogens with zero attached hydrogens (tertiary/aromatic N) is 6. The molecule has 1 fully saturated rings. The van der Waals surface area contributed by atoms with Crippen LogP contribution in [-0.4, -0.2) is 63.6 Å². The van der Waals surface area contributed by atoms with Crippen LogP contribution >= 0.6 is 0 Å². The summed E-state index contributed by atoms with van der Waals surface area (Å²) in [4.78, 5) is 29.0. The molecule has 0 radical (unpaired) electrons. The molecule has 0 unspecified atom stereocenters. The summed E-state index contributed by atoms with van der Waals surface area (Å²) in [5.74, 6) is 0.159. The number of hydrogen-bond acceptors (Lipinski definition) is 7. The lowest BCUT2D eigenvalue weighted by molar-refractivity contribution is 0.0804. The molecule has 3 aromatic rings. The average Bonchev–Trinajstić information content (AvgIpc) is 2.75. The Morgan fingerprint density at radius 3 is 2.70 bits per heavy atom. The van der Waals surface area contributed by atoms with E-state index in [-0.39, 0.29) is 11.4 Å². The molecule has 1 aliphatic rings. The highest BCUT2D eigenvalue weighted by Crippen LogP contribution is 2.27. The predicted molar refractivity (Wildman–Crippen MR) is 108 cm³/mol. The third-order valence-corrected chi connectivity index (χ3v) is 5.13. The highest BCUT2D eigenvalue weighted by Gasteiger charge is 2.20. The Bertz CT molecular complexity index is 1080. The fourth-order valence-corrected chi connectivity index (χ4v) is 3.51. The van der Waals surface area contributed by atoms with Gasteiger partial charge in [0.2, 0.25) is 5.88 Å². The van der Waals surface area contributed by atoms with E-state index in [0.717, 1.165) is 31.9 Å². The molecule has 2 aromatic heterocycles. The fraction of sp³-hybridized carbons (Fsp3) is 0.400. The van der Waals surface area contributed by atoms with E-state index in [1.54, 1.807) is 19.4 Å². The normalized spacial score (nSPS) is 15.1. The van der Waals surface area contributed by atoms with Crippen molar-refractivity contribution in [3.05, 3.63) is 53.0 Å². The Balaban J connectivity index is 1.46. The number of halogens is 2. The van der Waals surface area contributed by atoms with Crippen LogP contribution in [0.5, 0.6) is 5.88 Å². The van der Waals surface area contributed by atoms with Gasteiger partial charge in [-0.15, -0.1) is 0 Å². The molecule has 4 rings (SSSR count). The monoisotopic (exact) mass is 416 g/mol. The summed E-state index contributed by atoms with van der Waals surface area (Å²) in [6.07, 6.45) is 2.02. The Morgan fingerprint density at radius 1 is 1.13 bits per heavy atom. The highest BCUT2D eigenvalue weighted by atomic mass is 19.3. The number of hydrogen-bond donors (Lipinski definition) is 0. The smallest absolute Gasteiger partial charge is 0.273 e. The minimum Gasteiger partial charge on any atom is -0.471 e. The number of rotatable bonds is 6. The number of alkyl halides is 2. The van der Waals surface area contributed by atoms with E-state index in [1.165, 1.54) is 10.9 Å². The van der Waals surface area contributed by atoms with Gasteiger partial charge in [-0.25, -0.2) is 18.7 Å². The van der Waals surface area contributed by atoms with Crippen molar-refractivity contribution < 1.29 is 13.5 Å². The van der Waals surface area contributed by atoms with Gasteiger partial charge >= 0.3 is 0 Å². The van der Waals surface area contributed by atoms with Crippen molar-refractivity contribution in [2.24, 2.45) is 7.05 Å². The van der Waals surface area contributed by atoms with Crippen LogP contribution in [0.25, 0.3) is 10.9 Å². The lowest BCUT2D eigenvalue weighted by Gasteiger charge is -2.36. The standard InChI is InChI=1S/C20H22F2N6O2/c1-26-5-4-23-17(20(26)29)11-27-6-8-28(9-7-27)14-2-3-16-15(10-14)19(25-13-24-16)30-12-18(21)22/h2-5,10,13,18H,6-9,11-12H2,1H3. The van der Waals surface area contributed by atoms with Gasteiger partial charge < -0.3 is 14.2 Å². The van der Waals surface area contributed by atoms with Crippen molar-refractivity contribution in [2.75, 3.05) is 37.7 Å². The number of anilines is 1. The van der Waals surface area contributed by atoms with Crippen LogP contribution in [0.1, 0.15) is 5.69 Å². The quantitative estimate of drug-likeness (QED) is 0.605. The molecule has 0 N–H and O–H groups in total. The molecule has 0 atom stereocenters. The van der Waals surface area contributed by atoms with E-state index in [4.69, 9.17) is 4.74 Å². The molecule has 1 saturated heterocycles. The first-order valence-corrected chi connectivity index (χ1v) is 9.65. The molecule has 3 heterocycles. The van der Waals surface area contributed by atoms with Gasteiger partial charge in [0, 0.05) is 57.9 Å². The summed E-state index contributed by atoms with van der Waals surface area (Å²) in [6.45, 7) is 2.88. The Labute approximate surface area is 171 Å². The lowest BCUT2D eigenvalue weighted by Crippen LogP contribution is -2.46. The maximum Gasteiger partial charge on any atom is 0.273 e. The number of aryl methyl sites for hydroxylation is 1. The van der Waals surface area contributed by atoms with Crippen LogP contribution in [0.3, 0.4) is 0 Å². The van der Waals surface area contributed by atoms with Crippen LogP contribution in [-0.2, 0) is 13.6 Å². The number of ether oxygens (including phenoxy) is 1. The van der Waals surface area contributed by atoms with E-state index in [2.05, 4.69) is 24.8 Å². The van der Waals surface area contributed by atoms with Crippen molar-refractivity contribution in [1.29, 1.82) is 0 Å². The van der Waals surface area contributed by atoms with Crippen molar-refractivity contribution in [2.45, 2.75) is 13.0 Å². The summed E-state index contributed by atoms with van der Waals surface area (Å²) >= 11 is 0. The molecular formula is C20H22F2N6O2. The molecule has 0 saturated carbocycles. The van der Waals surface area contributed by atoms with Gasteiger partial charge in [0.1, 0.15) is 12.0 Å². The van der Waals surface area contributed by atoms with Gasteiger partial charge in [-0.3, -0.25) is 14.7 Å². The zero-order chi connectivity index (χ0) is 21.1. The average molecular weight is 416 g/mol. The van der Waals surface area contributed by atoms with Gasteiger partial charge in [0.15, 0.2) is 6.61 Å². The Hall–Kier alpha value is -3.14. The third kappa shape index (κ3) is 4.38. The first-order chi connectivity index (χ1) is 14.5. The van der Waals surface area contributed by atoms with Crippen LogP contribution in [0.2, 0.25) is 0 Å². The molecule has 8 nitrogen and oxygen atoms in total. The van der Waals surface area contributed by atoms with E-state index < -0.39 is 13.0 Å². The molecule has 10 heteroatoms. The van der Waals surface area contributed by atoms with Crippen LogP contribution in [0.15, 0.2) is 41.7 Å². The van der Waals surface area contributed by atoms with Gasteiger partial charge in [-0.05, 0) is 18.2 Å². The minimum atomic E-state index is -2.57. The van der Waals surface area contributed by atoms with Crippen LogP contribution < -0.4 is 15.2 Å². The molecule has 1 aliphatic heterocycles. The van der Waals surface area contributed by atoms with Crippen LogP contribution in [0.4, 0.5) is 14.5 Å². The Morgan fingerprint density at radius 2 is 1.93 bits per heavy atom.